The molecule has 0 saturated carbocycles. The molecule has 0 aliphatic carbocycles. The van der Waals surface area contributed by atoms with Crippen molar-refractivity contribution < 1.29 is 26.0 Å². The molecule has 1 aliphatic rings. The number of hydrogen-bond acceptors (Lipinski definition) is 7. The van der Waals surface area contributed by atoms with Crippen LogP contribution in [0.3, 0.4) is 0 Å². The Hall–Kier alpha value is -1.97. The zero-order valence-corrected chi connectivity index (χ0v) is 18.2. The van der Waals surface area contributed by atoms with E-state index in [0.29, 0.717) is 31.2 Å². The van der Waals surface area contributed by atoms with E-state index < -0.39 is 42.9 Å². The van der Waals surface area contributed by atoms with Gasteiger partial charge in [-0.15, -0.1) is 0 Å². The van der Waals surface area contributed by atoms with Gasteiger partial charge in [0.1, 0.15) is 17.5 Å². The second kappa shape index (κ2) is 8.18. The largest absolute Gasteiger partial charge is 0.387 e. The number of nitrogens with zero attached hydrogens (tertiary/aromatic N) is 2. The van der Waals surface area contributed by atoms with Gasteiger partial charge < -0.3 is 5.32 Å². The van der Waals surface area contributed by atoms with Gasteiger partial charge in [-0.25, -0.2) is 21.2 Å². The zero-order chi connectivity index (χ0) is 21.3. The molecule has 2 rings (SSSR count). The van der Waals surface area contributed by atoms with E-state index in [1.807, 2.05) is 0 Å². The van der Waals surface area contributed by atoms with Crippen LogP contribution in [0.1, 0.15) is 29.6 Å². The first-order valence-electron chi connectivity index (χ1n) is 7.99. The Balaban J connectivity index is 2.69. The third-order valence-corrected chi connectivity index (χ3v) is 7.77. The Morgan fingerprint density at radius 3 is 2.29 bits per heavy atom. The van der Waals surface area contributed by atoms with Gasteiger partial charge in [0, 0.05) is 16.7 Å². The molecule has 28 heavy (non-hydrogen) atoms. The van der Waals surface area contributed by atoms with Crippen LogP contribution >= 0.6 is 15.9 Å². The highest BCUT2D eigenvalue weighted by atomic mass is 79.9. The molecule has 0 bridgehead atoms. The van der Waals surface area contributed by atoms with Crippen molar-refractivity contribution in [2.75, 3.05) is 22.8 Å². The molecule has 12 heteroatoms. The number of carbonyl (C=O) groups excluding carboxylic acids is 1. The molecule has 1 aromatic carbocycles. The van der Waals surface area contributed by atoms with E-state index in [4.69, 9.17) is 0 Å². The summed E-state index contributed by atoms with van der Waals surface area (Å²) in [5.41, 5.74) is -0.969. The van der Waals surface area contributed by atoms with Crippen LogP contribution in [0.25, 0.3) is 0 Å². The quantitative estimate of drug-likeness (QED) is 0.377. The van der Waals surface area contributed by atoms with E-state index in [1.54, 1.807) is 6.07 Å². The molecule has 1 aromatic rings. The molecule has 0 amide bonds. The Bertz CT molecular complexity index is 1070. The maximum Gasteiger partial charge on any atom is 0.245 e. The number of halogens is 2. The van der Waals surface area contributed by atoms with Gasteiger partial charge in [-0.2, -0.15) is 8.97 Å². The molecule has 0 spiro atoms. The minimum Gasteiger partial charge on any atom is -0.387 e. The molecule has 1 N–H and O–H groups in total. The van der Waals surface area contributed by atoms with Crippen molar-refractivity contribution in [1.29, 1.82) is 5.26 Å². The van der Waals surface area contributed by atoms with Crippen LogP contribution in [0, 0.1) is 17.1 Å². The number of allylic oxidation sites excluding steroid dienone is 2. The highest BCUT2D eigenvalue weighted by Gasteiger charge is 2.31. The fraction of sp³-hybridized carbons (Fsp3) is 0.375. The predicted molar refractivity (Wildman–Crippen MR) is 105 cm³/mol. The van der Waals surface area contributed by atoms with Crippen LogP contribution < -0.4 is 9.03 Å². The van der Waals surface area contributed by atoms with Gasteiger partial charge >= 0.3 is 0 Å². The van der Waals surface area contributed by atoms with E-state index >= 15 is 0 Å². The van der Waals surface area contributed by atoms with Gasteiger partial charge in [0.25, 0.3) is 0 Å². The molecule has 0 unspecified atom stereocenters. The summed E-state index contributed by atoms with van der Waals surface area (Å²) < 4.78 is 62.4. The SMILES string of the molecule is CS(=O)(=O)N(c1cc(C(=O)/C(C#N)=C2/CCCCN2)c(F)cc1Br)S(C)(=O)=O. The fourth-order valence-electron chi connectivity index (χ4n) is 2.81. The summed E-state index contributed by atoms with van der Waals surface area (Å²) in [6.07, 6.45) is 3.40. The molecule has 8 nitrogen and oxygen atoms in total. The topological polar surface area (TPSA) is 124 Å². The van der Waals surface area contributed by atoms with Gasteiger partial charge in [0.15, 0.2) is 0 Å². The molecule has 152 valence electrons. The normalized spacial score (nSPS) is 16.7. The highest BCUT2D eigenvalue weighted by Crippen LogP contribution is 2.33. The molecular weight excluding hydrogens is 477 g/mol. The summed E-state index contributed by atoms with van der Waals surface area (Å²) in [6.45, 7) is 0.567. The first-order valence-corrected chi connectivity index (χ1v) is 12.5. The lowest BCUT2D eigenvalue weighted by Gasteiger charge is -2.22. The number of piperidine rings is 1. The molecule has 1 fully saturated rings. The van der Waals surface area contributed by atoms with Crippen molar-refractivity contribution in [2.45, 2.75) is 19.3 Å². The van der Waals surface area contributed by atoms with Crippen molar-refractivity contribution in [3.05, 3.63) is 39.3 Å². The second-order valence-electron chi connectivity index (χ2n) is 6.18. The third kappa shape index (κ3) is 4.71. The number of Topliss-reactive ketones (excluding diaryl/α,β-unsaturated/α-hetero) is 1. The number of hydrogen-bond donors (Lipinski definition) is 1. The molecule has 0 radical (unpaired) electrons. The van der Waals surface area contributed by atoms with Crippen LogP contribution in [-0.2, 0) is 20.0 Å². The van der Waals surface area contributed by atoms with Crippen LogP contribution in [0.5, 0.6) is 0 Å². The predicted octanol–water partition coefficient (Wildman–Crippen LogP) is 2.05. The first-order chi connectivity index (χ1) is 12.9. The third-order valence-electron chi connectivity index (χ3n) is 3.91. The standard InChI is InChI=1S/C16H17BrFN3O5S2/c1-27(23,24)21(28(2,25)26)15-7-10(13(18)8-12(15)17)16(22)11(9-19)14-5-3-4-6-20-14/h7-8,20H,3-6H2,1-2H3/b14-11-. The summed E-state index contributed by atoms with van der Waals surface area (Å²) in [6, 6.07) is 3.36. The fourth-order valence-corrected chi connectivity index (χ4v) is 6.52. The smallest absolute Gasteiger partial charge is 0.245 e. The molecule has 1 saturated heterocycles. The minimum absolute atomic E-state index is 0.0956. The number of ketones is 1. The van der Waals surface area contributed by atoms with Gasteiger partial charge in [-0.05, 0) is 47.3 Å². The summed E-state index contributed by atoms with van der Waals surface area (Å²) in [4.78, 5) is 12.8. The molecule has 1 heterocycles. The molecule has 1 aliphatic heterocycles. The Morgan fingerprint density at radius 1 is 1.21 bits per heavy atom. The first kappa shape index (κ1) is 22.3. The van der Waals surface area contributed by atoms with Crippen LogP contribution in [0.15, 0.2) is 27.9 Å². The van der Waals surface area contributed by atoms with Crippen molar-refractivity contribution in [3.8, 4) is 6.07 Å². The monoisotopic (exact) mass is 493 g/mol. The zero-order valence-electron chi connectivity index (χ0n) is 15.0. The average molecular weight is 494 g/mol. The van der Waals surface area contributed by atoms with Crippen molar-refractivity contribution in [3.63, 3.8) is 0 Å². The van der Waals surface area contributed by atoms with E-state index in [2.05, 4.69) is 21.2 Å². The number of benzene rings is 1. The lowest BCUT2D eigenvalue weighted by molar-refractivity contribution is 0.103. The van der Waals surface area contributed by atoms with Crippen LogP contribution in [-0.4, -0.2) is 41.7 Å². The summed E-state index contributed by atoms with van der Waals surface area (Å²) in [7, 11) is -8.62. The number of nitrogens with one attached hydrogen (secondary N) is 1. The Labute approximate surface area is 171 Å². The summed E-state index contributed by atoms with van der Waals surface area (Å²) in [5.74, 6) is -1.98. The van der Waals surface area contributed by atoms with Crippen molar-refractivity contribution in [1.82, 2.24) is 5.32 Å². The second-order valence-corrected chi connectivity index (χ2v) is 10.9. The highest BCUT2D eigenvalue weighted by molar-refractivity contribution is 9.10. The maximum atomic E-state index is 14.5. The van der Waals surface area contributed by atoms with Gasteiger partial charge in [-0.3, -0.25) is 4.79 Å². The number of sulfonamides is 2. The molecule has 0 aromatic heterocycles. The number of nitriles is 1. The minimum atomic E-state index is -4.31. The Kier molecular flexibility index (Phi) is 6.52. The lowest BCUT2D eigenvalue weighted by atomic mass is 9.97. The number of anilines is 1. The lowest BCUT2D eigenvalue weighted by Crippen LogP contribution is -2.35. The Morgan fingerprint density at radius 2 is 1.82 bits per heavy atom. The van der Waals surface area contributed by atoms with E-state index in [-0.39, 0.29) is 13.8 Å². The molecule has 0 atom stereocenters. The maximum absolute atomic E-state index is 14.5. The number of rotatable bonds is 5. The van der Waals surface area contributed by atoms with Gasteiger partial charge in [-0.1, -0.05) is 0 Å². The number of carbonyl (C=O) groups is 1. The van der Waals surface area contributed by atoms with Crippen molar-refractivity contribution >= 4 is 47.4 Å². The summed E-state index contributed by atoms with van der Waals surface area (Å²) in [5, 5.41) is 12.3. The van der Waals surface area contributed by atoms with Crippen LogP contribution in [0.4, 0.5) is 10.1 Å². The van der Waals surface area contributed by atoms with E-state index in [1.165, 1.54) is 0 Å². The summed E-state index contributed by atoms with van der Waals surface area (Å²) >= 11 is 2.94. The molecular formula is C16H17BrFN3O5S2. The van der Waals surface area contributed by atoms with E-state index in [9.17, 15) is 31.3 Å². The van der Waals surface area contributed by atoms with E-state index in [0.717, 1.165) is 25.0 Å². The van der Waals surface area contributed by atoms with Gasteiger partial charge in [0.2, 0.25) is 25.8 Å². The van der Waals surface area contributed by atoms with Crippen molar-refractivity contribution in [2.24, 2.45) is 0 Å². The average Bonchev–Trinajstić information content (AvgIpc) is 2.56. The van der Waals surface area contributed by atoms with Gasteiger partial charge in [0.05, 0.1) is 23.8 Å². The van der Waals surface area contributed by atoms with Crippen LogP contribution in [0.2, 0.25) is 0 Å².